The summed E-state index contributed by atoms with van der Waals surface area (Å²) >= 11 is 0. The van der Waals surface area contributed by atoms with Gasteiger partial charge in [0.15, 0.2) is 0 Å². The molecule has 0 amide bonds. The summed E-state index contributed by atoms with van der Waals surface area (Å²) in [4.78, 5) is 0. The molecule has 88 valence electrons. The molecule has 1 unspecified atom stereocenters. The molecule has 0 aromatic carbocycles. The Morgan fingerprint density at radius 1 is 1.40 bits per heavy atom. The van der Waals surface area contributed by atoms with Gasteiger partial charge in [-0.3, -0.25) is 0 Å². The van der Waals surface area contributed by atoms with Crippen molar-refractivity contribution in [1.82, 2.24) is 5.32 Å². The van der Waals surface area contributed by atoms with E-state index in [2.05, 4.69) is 26.1 Å². The van der Waals surface area contributed by atoms with Crippen molar-refractivity contribution in [2.24, 2.45) is 0 Å². The van der Waals surface area contributed by atoms with Crippen molar-refractivity contribution < 1.29 is 9.84 Å². The molecule has 1 aliphatic heterocycles. The van der Waals surface area contributed by atoms with Gasteiger partial charge in [0.05, 0.1) is 6.61 Å². The first kappa shape index (κ1) is 12.5. The Morgan fingerprint density at radius 3 is 2.53 bits per heavy atom. The van der Waals surface area contributed by atoms with Crippen LogP contribution in [0.3, 0.4) is 0 Å². The maximum absolute atomic E-state index is 10.2. The Hall–Kier alpha value is -0.540. The number of hydrogen-bond donors (Lipinski definition) is 2. The van der Waals surface area contributed by atoms with Crippen LogP contribution in [0.25, 0.3) is 0 Å². The van der Waals surface area contributed by atoms with Crippen molar-refractivity contribution in [1.29, 1.82) is 0 Å². The minimum absolute atomic E-state index is 0.0131. The Kier molecular flexibility index (Phi) is 3.79. The van der Waals surface area contributed by atoms with Gasteiger partial charge in [-0.25, -0.2) is 0 Å². The number of nitrogens with one attached hydrogen (secondary N) is 1. The van der Waals surface area contributed by atoms with Crippen LogP contribution < -0.4 is 5.32 Å². The van der Waals surface area contributed by atoms with E-state index in [0.29, 0.717) is 12.3 Å². The molecule has 0 aliphatic carbocycles. The molecule has 0 saturated heterocycles. The topological polar surface area (TPSA) is 41.5 Å². The zero-order valence-corrected chi connectivity index (χ0v) is 10.3. The van der Waals surface area contributed by atoms with E-state index in [-0.39, 0.29) is 5.54 Å². The quantitative estimate of drug-likeness (QED) is 0.751. The minimum atomic E-state index is -0.895. The highest BCUT2D eigenvalue weighted by Gasteiger charge is 2.29. The molecule has 0 saturated carbocycles. The lowest BCUT2D eigenvalue weighted by molar-refractivity contribution is 0.0147. The number of β-amino-alcohol motifs (C(OH)–C–C–N with tert-alkyl or cyclic N) is 1. The number of allylic oxidation sites excluding steroid dienone is 1. The average Bonchev–Trinajstić information content (AvgIpc) is 2.16. The lowest BCUT2D eigenvalue weighted by Crippen LogP contribution is -2.47. The van der Waals surface area contributed by atoms with Crippen LogP contribution in [-0.4, -0.2) is 29.4 Å². The lowest BCUT2D eigenvalue weighted by atomic mass is 9.99. The highest BCUT2D eigenvalue weighted by Crippen LogP contribution is 2.22. The van der Waals surface area contributed by atoms with E-state index < -0.39 is 5.60 Å². The van der Waals surface area contributed by atoms with E-state index >= 15 is 0 Å². The van der Waals surface area contributed by atoms with Gasteiger partial charge in [-0.05, 0) is 46.6 Å². The van der Waals surface area contributed by atoms with Crippen LogP contribution in [0.4, 0.5) is 0 Å². The highest BCUT2D eigenvalue weighted by atomic mass is 16.5. The third-order valence-corrected chi connectivity index (χ3v) is 2.43. The molecule has 1 aliphatic rings. The smallest absolute Gasteiger partial charge is 0.131 e. The summed E-state index contributed by atoms with van der Waals surface area (Å²) in [6, 6.07) is 0. The Bertz CT molecular complexity index is 238. The van der Waals surface area contributed by atoms with E-state index in [0.717, 1.165) is 19.4 Å². The van der Waals surface area contributed by atoms with Crippen LogP contribution >= 0.6 is 0 Å². The molecular formula is C12H23NO2. The molecule has 0 radical (unpaired) electrons. The summed E-state index contributed by atoms with van der Waals surface area (Å²) in [6.45, 7) is 9.28. The normalized spacial score (nSPS) is 21.5. The summed E-state index contributed by atoms with van der Waals surface area (Å²) in [6.07, 6.45) is 4.04. The number of aliphatic hydroxyl groups is 1. The minimum Gasteiger partial charge on any atom is -0.495 e. The molecule has 0 spiro atoms. The molecule has 15 heavy (non-hydrogen) atoms. The van der Waals surface area contributed by atoms with Gasteiger partial charge in [-0.2, -0.15) is 0 Å². The van der Waals surface area contributed by atoms with E-state index in [1.54, 1.807) is 6.92 Å². The second-order valence-corrected chi connectivity index (χ2v) is 5.44. The fourth-order valence-electron chi connectivity index (χ4n) is 1.46. The highest BCUT2D eigenvalue weighted by molar-refractivity contribution is 5.11. The van der Waals surface area contributed by atoms with Gasteiger partial charge in [0.1, 0.15) is 11.4 Å². The molecule has 2 N–H and O–H groups in total. The van der Waals surface area contributed by atoms with E-state index in [9.17, 15) is 5.11 Å². The van der Waals surface area contributed by atoms with E-state index in [1.807, 2.05) is 6.08 Å². The van der Waals surface area contributed by atoms with E-state index in [1.165, 1.54) is 0 Å². The van der Waals surface area contributed by atoms with Gasteiger partial charge in [-0.1, -0.05) is 0 Å². The summed E-state index contributed by atoms with van der Waals surface area (Å²) < 4.78 is 5.48. The fraction of sp³-hybridized carbons (Fsp3) is 0.833. The van der Waals surface area contributed by atoms with Gasteiger partial charge >= 0.3 is 0 Å². The standard InChI is InChI=1S/C12H23NO2/c1-11(2,3)13-9-12(4,14)10-7-5-6-8-15-10/h7,13-14H,5-6,8-9H2,1-4H3. The van der Waals surface area contributed by atoms with Crippen LogP contribution in [-0.2, 0) is 4.74 Å². The maximum Gasteiger partial charge on any atom is 0.131 e. The molecule has 3 heteroatoms. The van der Waals surface area contributed by atoms with Crippen molar-refractivity contribution in [3.63, 3.8) is 0 Å². The SMILES string of the molecule is CC(C)(C)NCC(C)(O)C1=CCCCO1. The Morgan fingerprint density at radius 2 is 2.07 bits per heavy atom. The van der Waals surface area contributed by atoms with Crippen LogP contribution in [0, 0.1) is 0 Å². The summed E-state index contributed by atoms with van der Waals surface area (Å²) in [5.74, 6) is 0.713. The third-order valence-electron chi connectivity index (χ3n) is 2.43. The first-order chi connectivity index (χ1) is 6.81. The second kappa shape index (κ2) is 4.54. The molecular weight excluding hydrogens is 190 g/mol. The number of ether oxygens (including phenoxy) is 1. The first-order valence-corrected chi connectivity index (χ1v) is 5.62. The summed E-state index contributed by atoms with van der Waals surface area (Å²) in [7, 11) is 0. The van der Waals surface area contributed by atoms with Crippen LogP contribution in [0.5, 0.6) is 0 Å². The molecule has 0 bridgehead atoms. The first-order valence-electron chi connectivity index (χ1n) is 5.62. The summed E-state index contributed by atoms with van der Waals surface area (Å²) in [5.41, 5.74) is -0.882. The second-order valence-electron chi connectivity index (χ2n) is 5.44. The van der Waals surface area contributed by atoms with Gasteiger partial charge in [-0.15, -0.1) is 0 Å². The molecule has 0 aromatic heterocycles. The molecule has 1 rings (SSSR count). The molecule has 0 aromatic rings. The van der Waals surface area contributed by atoms with Crippen LogP contribution in [0.15, 0.2) is 11.8 Å². The molecule has 3 nitrogen and oxygen atoms in total. The van der Waals surface area contributed by atoms with Crippen molar-refractivity contribution in [2.45, 2.75) is 51.7 Å². The number of hydrogen-bond acceptors (Lipinski definition) is 3. The monoisotopic (exact) mass is 213 g/mol. The predicted octanol–water partition coefficient (Wildman–Crippen LogP) is 1.82. The Balaban J connectivity index is 2.54. The van der Waals surface area contributed by atoms with Gasteiger partial charge in [0.2, 0.25) is 0 Å². The lowest BCUT2D eigenvalue weighted by Gasteiger charge is -2.32. The molecule has 1 atom stereocenters. The zero-order chi connectivity index (χ0) is 11.5. The average molecular weight is 213 g/mol. The van der Waals surface area contributed by atoms with E-state index in [4.69, 9.17) is 4.74 Å². The van der Waals surface area contributed by atoms with Crippen molar-refractivity contribution in [2.75, 3.05) is 13.2 Å². The number of rotatable bonds is 3. The summed E-state index contributed by atoms with van der Waals surface area (Å²) in [5, 5.41) is 13.5. The predicted molar refractivity (Wildman–Crippen MR) is 61.6 cm³/mol. The maximum atomic E-state index is 10.2. The van der Waals surface area contributed by atoms with Gasteiger partial charge in [0.25, 0.3) is 0 Å². The third kappa shape index (κ3) is 4.22. The zero-order valence-electron chi connectivity index (χ0n) is 10.3. The van der Waals surface area contributed by atoms with Crippen molar-refractivity contribution in [3.8, 4) is 0 Å². The van der Waals surface area contributed by atoms with Crippen molar-refractivity contribution >= 4 is 0 Å². The molecule has 1 heterocycles. The molecule has 0 fully saturated rings. The van der Waals surface area contributed by atoms with Gasteiger partial charge < -0.3 is 15.2 Å². The largest absolute Gasteiger partial charge is 0.495 e. The van der Waals surface area contributed by atoms with Crippen LogP contribution in [0.2, 0.25) is 0 Å². The van der Waals surface area contributed by atoms with Crippen molar-refractivity contribution in [3.05, 3.63) is 11.8 Å². The van der Waals surface area contributed by atoms with Gasteiger partial charge in [0, 0.05) is 12.1 Å². The van der Waals surface area contributed by atoms with Crippen LogP contribution in [0.1, 0.15) is 40.5 Å². The fourth-order valence-corrected chi connectivity index (χ4v) is 1.46. The Labute approximate surface area is 92.5 Å².